The number of hydrogen-bond donors (Lipinski definition) is 1. The van der Waals surface area contributed by atoms with Crippen LogP contribution in [0.4, 0.5) is 4.79 Å². The lowest BCUT2D eigenvalue weighted by molar-refractivity contribution is -0.142. The van der Waals surface area contributed by atoms with Gasteiger partial charge < -0.3 is 15.2 Å². The van der Waals surface area contributed by atoms with Crippen LogP contribution in [-0.4, -0.2) is 48.6 Å². The van der Waals surface area contributed by atoms with E-state index in [0.29, 0.717) is 12.8 Å². The summed E-state index contributed by atoms with van der Waals surface area (Å²) in [5, 5.41) is 5.36. The second-order valence-electron chi connectivity index (χ2n) is 6.11. The van der Waals surface area contributed by atoms with Crippen molar-refractivity contribution >= 4 is 18.3 Å². The van der Waals surface area contributed by atoms with Gasteiger partial charge in [0.05, 0.1) is 13.7 Å². The molecular formula is C16H25N3O4. The van der Waals surface area contributed by atoms with Gasteiger partial charge in [0.15, 0.2) is 0 Å². The highest BCUT2D eigenvalue weighted by molar-refractivity contribution is 5.76. The average molecular weight is 323 g/mol. The molecule has 23 heavy (non-hydrogen) atoms. The normalized spacial score (nSPS) is 21.8. The Bertz CT molecular complexity index is 518. The lowest BCUT2D eigenvalue weighted by Gasteiger charge is -2.23. The third-order valence-corrected chi connectivity index (χ3v) is 2.88. The quantitative estimate of drug-likeness (QED) is 0.802. The SMILES string of the molecule is COC(=O)C(N)CC1=C/C/C=N\N(C(=O)OC(C)(C)C)C/C=C\1. The van der Waals surface area contributed by atoms with E-state index in [1.807, 2.05) is 12.2 Å². The molecule has 7 heteroatoms. The monoisotopic (exact) mass is 323 g/mol. The predicted octanol–water partition coefficient (Wildman–Crippen LogP) is 1.99. The van der Waals surface area contributed by atoms with Crippen molar-refractivity contribution in [1.82, 2.24) is 5.01 Å². The first kappa shape index (κ1) is 18.9. The Balaban J connectivity index is 2.70. The fourth-order valence-electron chi connectivity index (χ4n) is 1.85. The summed E-state index contributed by atoms with van der Waals surface area (Å²) in [6.45, 7) is 5.67. The minimum Gasteiger partial charge on any atom is -0.468 e. The van der Waals surface area contributed by atoms with Gasteiger partial charge in [-0.25, -0.2) is 4.79 Å². The Kier molecular flexibility index (Phi) is 6.96. The molecule has 0 saturated heterocycles. The van der Waals surface area contributed by atoms with Crippen LogP contribution < -0.4 is 5.73 Å². The molecule has 128 valence electrons. The first-order chi connectivity index (χ1) is 10.7. The highest BCUT2D eigenvalue weighted by Crippen LogP contribution is 2.13. The van der Waals surface area contributed by atoms with Gasteiger partial charge in [-0.05, 0) is 32.8 Å². The van der Waals surface area contributed by atoms with Crippen LogP contribution in [0.15, 0.2) is 28.9 Å². The maximum atomic E-state index is 12.0. The molecule has 7 nitrogen and oxygen atoms in total. The minimum atomic E-state index is -0.712. The zero-order valence-electron chi connectivity index (χ0n) is 14.1. The van der Waals surface area contributed by atoms with Crippen molar-refractivity contribution in [3.8, 4) is 0 Å². The van der Waals surface area contributed by atoms with Gasteiger partial charge in [0.25, 0.3) is 0 Å². The summed E-state index contributed by atoms with van der Waals surface area (Å²) < 4.78 is 9.91. The van der Waals surface area contributed by atoms with Crippen LogP contribution in [0.3, 0.4) is 0 Å². The van der Waals surface area contributed by atoms with Crippen LogP contribution in [0.25, 0.3) is 0 Å². The zero-order valence-corrected chi connectivity index (χ0v) is 14.1. The first-order valence-electron chi connectivity index (χ1n) is 7.45. The zero-order chi connectivity index (χ0) is 17.5. The molecule has 0 radical (unpaired) electrons. The summed E-state index contributed by atoms with van der Waals surface area (Å²) in [5.41, 5.74) is 6.08. The van der Waals surface area contributed by atoms with Gasteiger partial charge in [-0.1, -0.05) is 18.2 Å². The molecule has 0 bridgehead atoms. The molecule has 1 amide bonds. The number of nitrogens with two attached hydrogens (primary N) is 1. The number of rotatable bonds is 3. The number of ether oxygens (including phenoxy) is 2. The maximum absolute atomic E-state index is 12.0. The van der Waals surface area contributed by atoms with Crippen molar-refractivity contribution in [3.63, 3.8) is 0 Å². The molecule has 1 atom stereocenters. The Labute approximate surface area is 136 Å². The van der Waals surface area contributed by atoms with Crippen molar-refractivity contribution in [2.45, 2.75) is 45.3 Å². The van der Waals surface area contributed by atoms with E-state index >= 15 is 0 Å². The third kappa shape index (κ3) is 7.10. The predicted molar refractivity (Wildman–Crippen MR) is 87.9 cm³/mol. The standard InChI is InChI=1S/C16H25N3O4/c1-16(2,3)23-15(21)19-10-6-8-12(7-5-9-18-19)11-13(17)14(20)22-4/h6-9,13H,5,10-11,17H2,1-4H3/b8-6-,12-7+,18-9-. The summed E-state index contributed by atoms with van der Waals surface area (Å²) in [4.78, 5) is 23.4. The molecule has 0 aliphatic carbocycles. The molecule has 0 spiro atoms. The van der Waals surface area contributed by atoms with Crippen molar-refractivity contribution < 1.29 is 19.1 Å². The summed E-state index contributed by atoms with van der Waals surface area (Å²) in [6, 6.07) is -0.712. The Morgan fingerprint density at radius 1 is 1.43 bits per heavy atom. The average Bonchev–Trinajstić information content (AvgIpc) is 2.56. The Hall–Kier alpha value is -2.15. The Morgan fingerprint density at radius 3 is 2.74 bits per heavy atom. The first-order valence-corrected chi connectivity index (χ1v) is 7.45. The van der Waals surface area contributed by atoms with E-state index in [2.05, 4.69) is 9.84 Å². The van der Waals surface area contributed by atoms with Crippen molar-refractivity contribution in [3.05, 3.63) is 23.8 Å². The van der Waals surface area contributed by atoms with Crippen LogP contribution in [0.2, 0.25) is 0 Å². The molecule has 1 unspecified atom stereocenters. The molecular weight excluding hydrogens is 298 g/mol. The molecule has 1 aliphatic heterocycles. The van der Waals surface area contributed by atoms with Crippen LogP contribution in [0.5, 0.6) is 0 Å². The van der Waals surface area contributed by atoms with Crippen molar-refractivity contribution in [1.29, 1.82) is 0 Å². The molecule has 0 aromatic carbocycles. The molecule has 1 rings (SSSR count). The van der Waals surface area contributed by atoms with Crippen LogP contribution in [-0.2, 0) is 14.3 Å². The van der Waals surface area contributed by atoms with Gasteiger partial charge >= 0.3 is 12.1 Å². The molecule has 1 aliphatic rings. The van der Waals surface area contributed by atoms with E-state index in [4.69, 9.17) is 10.5 Å². The summed E-state index contributed by atoms with van der Waals surface area (Å²) >= 11 is 0. The number of carbonyl (C=O) groups is 2. The van der Waals surface area contributed by atoms with Gasteiger partial charge in [0.1, 0.15) is 11.6 Å². The van der Waals surface area contributed by atoms with E-state index < -0.39 is 23.7 Å². The van der Waals surface area contributed by atoms with Gasteiger partial charge in [0.2, 0.25) is 0 Å². The largest absolute Gasteiger partial charge is 0.468 e. The summed E-state index contributed by atoms with van der Waals surface area (Å²) in [5.74, 6) is -0.455. The highest BCUT2D eigenvalue weighted by atomic mass is 16.6. The number of nitrogens with zero attached hydrogens (tertiary/aromatic N) is 2. The fraction of sp³-hybridized carbons (Fsp3) is 0.562. The fourth-order valence-corrected chi connectivity index (χ4v) is 1.85. The molecule has 2 N–H and O–H groups in total. The van der Waals surface area contributed by atoms with Crippen LogP contribution in [0.1, 0.15) is 33.6 Å². The van der Waals surface area contributed by atoms with Gasteiger partial charge in [-0.2, -0.15) is 10.1 Å². The van der Waals surface area contributed by atoms with Crippen LogP contribution in [0, 0.1) is 0 Å². The van der Waals surface area contributed by atoms with E-state index in [9.17, 15) is 9.59 Å². The summed E-state index contributed by atoms with van der Waals surface area (Å²) in [7, 11) is 1.31. The Morgan fingerprint density at radius 2 is 2.13 bits per heavy atom. The number of amides is 1. The highest BCUT2D eigenvalue weighted by Gasteiger charge is 2.21. The third-order valence-electron chi connectivity index (χ3n) is 2.88. The topological polar surface area (TPSA) is 94.2 Å². The smallest absolute Gasteiger partial charge is 0.431 e. The van der Waals surface area contributed by atoms with E-state index in [-0.39, 0.29) is 6.54 Å². The maximum Gasteiger partial charge on any atom is 0.431 e. The number of methoxy groups -OCH3 is 1. The second-order valence-corrected chi connectivity index (χ2v) is 6.11. The molecule has 0 aromatic rings. The number of carbonyl (C=O) groups excluding carboxylic acids is 2. The number of hydrogen-bond acceptors (Lipinski definition) is 6. The van der Waals surface area contributed by atoms with Gasteiger partial charge in [-0.3, -0.25) is 4.79 Å². The molecule has 0 aromatic heterocycles. The molecule has 1 heterocycles. The van der Waals surface area contributed by atoms with E-state index in [1.54, 1.807) is 33.1 Å². The molecule has 0 saturated carbocycles. The number of allylic oxidation sites excluding steroid dienone is 2. The number of esters is 1. The van der Waals surface area contributed by atoms with E-state index in [1.165, 1.54) is 12.1 Å². The molecule has 0 fully saturated rings. The van der Waals surface area contributed by atoms with Gasteiger partial charge in [-0.15, -0.1) is 0 Å². The van der Waals surface area contributed by atoms with E-state index in [0.717, 1.165) is 5.57 Å². The van der Waals surface area contributed by atoms with Crippen LogP contribution >= 0.6 is 0 Å². The minimum absolute atomic E-state index is 0.274. The van der Waals surface area contributed by atoms with Gasteiger partial charge in [0, 0.05) is 12.6 Å². The van der Waals surface area contributed by atoms with Crippen molar-refractivity contribution in [2.24, 2.45) is 10.8 Å². The summed E-state index contributed by atoms with van der Waals surface area (Å²) in [6.07, 6.45) is 7.50. The number of hydrazone groups is 1. The lowest BCUT2D eigenvalue weighted by Crippen LogP contribution is -2.33. The second kappa shape index (κ2) is 8.47. The van der Waals surface area contributed by atoms with Crippen molar-refractivity contribution in [2.75, 3.05) is 13.7 Å². The lowest BCUT2D eigenvalue weighted by atomic mass is 10.1.